The summed E-state index contributed by atoms with van der Waals surface area (Å²) in [6.45, 7) is 3.72. The number of nitrogens with one attached hydrogen (secondary N) is 1. The van der Waals surface area contributed by atoms with E-state index in [-0.39, 0.29) is 17.5 Å². The van der Waals surface area contributed by atoms with Gasteiger partial charge < -0.3 is 14.7 Å². The molecule has 0 saturated carbocycles. The number of hydrogen-bond acceptors (Lipinski definition) is 5. The van der Waals surface area contributed by atoms with Crippen molar-refractivity contribution in [1.82, 2.24) is 9.62 Å². The van der Waals surface area contributed by atoms with Gasteiger partial charge in [0.25, 0.3) is 0 Å². The van der Waals surface area contributed by atoms with Gasteiger partial charge in [-0.3, -0.25) is 0 Å². The highest BCUT2D eigenvalue weighted by Crippen LogP contribution is 2.28. The van der Waals surface area contributed by atoms with Crippen LogP contribution in [0.1, 0.15) is 18.4 Å². The minimum absolute atomic E-state index is 0.0318. The zero-order valence-electron chi connectivity index (χ0n) is 16.7. The van der Waals surface area contributed by atoms with Crippen molar-refractivity contribution < 1.29 is 18.3 Å². The largest absolute Gasteiger partial charge is 0.490 e. The Bertz CT molecular complexity index is 963. The fourth-order valence-electron chi connectivity index (χ4n) is 3.39. The maximum atomic E-state index is 12.4. The summed E-state index contributed by atoms with van der Waals surface area (Å²) < 4.78 is 33.2. The Labute approximate surface area is 187 Å². The lowest BCUT2D eigenvalue weighted by atomic mass is 10.1. The van der Waals surface area contributed by atoms with Gasteiger partial charge in [0.15, 0.2) is 0 Å². The highest BCUT2D eigenvalue weighted by atomic mass is 35.5. The van der Waals surface area contributed by atoms with Crippen LogP contribution in [0.5, 0.6) is 5.75 Å². The molecule has 1 atom stereocenters. The fraction of sp³-hybridized carbons (Fsp3) is 0.429. The van der Waals surface area contributed by atoms with Crippen molar-refractivity contribution >= 4 is 33.2 Å². The number of aliphatic hydroxyl groups excluding tert-OH is 1. The molecule has 1 saturated heterocycles. The third kappa shape index (κ3) is 6.57. The number of ether oxygens (including phenoxy) is 1. The van der Waals surface area contributed by atoms with Crippen LogP contribution in [0, 0.1) is 6.92 Å². The molecule has 0 aliphatic carbocycles. The van der Waals surface area contributed by atoms with Crippen molar-refractivity contribution in [3.05, 3.63) is 58.1 Å². The van der Waals surface area contributed by atoms with Gasteiger partial charge in [-0.15, -0.1) is 0 Å². The van der Waals surface area contributed by atoms with Gasteiger partial charge in [-0.25, -0.2) is 13.1 Å². The predicted molar refractivity (Wildman–Crippen MR) is 119 cm³/mol. The summed E-state index contributed by atoms with van der Waals surface area (Å²) >= 11 is 11.9. The van der Waals surface area contributed by atoms with Crippen molar-refractivity contribution in [3.63, 3.8) is 0 Å². The molecule has 1 heterocycles. The average molecular weight is 473 g/mol. The lowest BCUT2D eigenvalue weighted by Gasteiger charge is -2.33. The Morgan fingerprint density at radius 2 is 1.90 bits per heavy atom. The van der Waals surface area contributed by atoms with Gasteiger partial charge in [0.1, 0.15) is 11.9 Å². The predicted octanol–water partition coefficient (Wildman–Crippen LogP) is 3.48. The molecule has 0 unspecified atom stereocenters. The van der Waals surface area contributed by atoms with Gasteiger partial charge in [-0.2, -0.15) is 0 Å². The normalized spacial score (nSPS) is 17.1. The number of piperidine rings is 1. The molecule has 6 nitrogen and oxygen atoms in total. The first-order valence-corrected chi connectivity index (χ1v) is 12.1. The molecule has 0 aromatic heterocycles. The molecule has 3 rings (SSSR count). The topological polar surface area (TPSA) is 78.9 Å². The van der Waals surface area contributed by atoms with E-state index in [0.717, 1.165) is 31.5 Å². The zero-order chi connectivity index (χ0) is 21.7. The maximum Gasteiger partial charge on any atom is 0.240 e. The van der Waals surface area contributed by atoms with E-state index in [4.69, 9.17) is 27.9 Å². The summed E-state index contributed by atoms with van der Waals surface area (Å²) in [5.74, 6) is 0.688. The number of sulfonamides is 1. The van der Waals surface area contributed by atoms with E-state index in [2.05, 4.69) is 9.62 Å². The van der Waals surface area contributed by atoms with Crippen LogP contribution in [0.4, 0.5) is 0 Å². The molecular weight excluding hydrogens is 447 g/mol. The van der Waals surface area contributed by atoms with E-state index in [9.17, 15) is 13.5 Å². The van der Waals surface area contributed by atoms with Crippen LogP contribution in [0.15, 0.2) is 47.4 Å². The van der Waals surface area contributed by atoms with E-state index in [1.54, 1.807) is 36.4 Å². The Morgan fingerprint density at radius 3 is 2.57 bits per heavy atom. The third-order valence-electron chi connectivity index (χ3n) is 5.01. The van der Waals surface area contributed by atoms with Gasteiger partial charge in [-0.1, -0.05) is 35.3 Å². The molecular formula is C21H26Cl2N2O4S. The van der Waals surface area contributed by atoms with Gasteiger partial charge in [0, 0.05) is 32.2 Å². The average Bonchev–Trinajstić information content (AvgIpc) is 2.71. The summed E-state index contributed by atoms with van der Waals surface area (Å²) in [6, 6.07) is 11.9. The second-order valence-electron chi connectivity index (χ2n) is 7.52. The number of β-amino-alcohol motifs (C(OH)–C–C–N with tert-alkyl or cyclic N) is 1. The number of rotatable bonds is 8. The molecule has 30 heavy (non-hydrogen) atoms. The number of hydrogen-bond donors (Lipinski definition) is 2. The van der Waals surface area contributed by atoms with Gasteiger partial charge in [-0.05, 0) is 49.6 Å². The number of halogens is 2. The number of aliphatic hydroxyl groups is 1. The second-order valence-corrected chi connectivity index (χ2v) is 10.1. The van der Waals surface area contributed by atoms with E-state index in [0.29, 0.717) is 22.3 Å². The molecule has 2 N–H and O–H groups in total. The van der Waals surface area contributed by atoms with Crippen LogP contribution in [0.2, 0.25) is 10.0 Å². The van der Waals surface area contributed by atoms with Crippen LogP contribution in [-0.2, 0) is 10.0 Å². The molecule has 2 aromatic rings. The molecule has 1 aliphatic heterocycles. The Balaban J connectivity index is 1.42. The van der Waals surface area contributed by atoms with Crippen LogP contribution in [-0.4, -0.2) is 56.8 Å². The molecule has 0 amide bonds. The van der Waals surface area contributed by atoms with Crippen LogP contribution in [0.25, 0.3) is 0 Å². The third-order valence-corrected chi connectivity index (χ3v) is 7.17. The Kier molecular flexibility index (Phi) is 8.01. The van der Waals surface area contributed by atoms with Crippen LogP contribution < -0.4 is 9.46 Å². The first-order valence-electron chi connectivity index (χ1n) is 9.81. The highest BCUT2D eigenvalue weighted by molar-refractivity contribution is 7.89. The van der Waals surface area contributed by atoms with E-state index in [1.165, 1.54) is 0 Å². The standard InChI is InChI=1S/C21H26Cl2N2O4S/c1-15-3-2-4-19(11-15)30(27,28)24-13-16(26)14-25-9-7-17(8-10-25)29-18-5-6-20(22)21(23)12-18/h2-6,11-12,16-17,24,26H,7-10,13-14H2,1H3/t16-/m1/s1. The molecule has 0 radical (unpaired) electrons. The smallest absolute Gasteiger partial charge is 0.240 e. The monoisotopic (exact) mass is 472 g/mol. The maximum absolute atomic E-state index is 12.4. The molecule has 0 spiro atoms. The van der Waals surface area contributed by atoms with Gasteiger partial charge in [0.05, 0.1) is 21.0 Å². The summed E-state index contributed by atoms with van der Waals surface area (Å²) in [6.07, 6.45) is 0.886. The number of likely N-dealkylation sites (tertiary alicyclic amines) is 1. The highest BCUT2D eigenvalue weighted by Gasteiger charge is 2.23. The van der Waals surface area contributed by atoms with Crippen molar-refractivity contribution in [1.29, 1.82) is 0 Å². The summed E-state index contributed by atoms with van der Waals surface area (Å²) in [5.41, 5.74) is 0.865. The van der Waals surface area contributed by atoms with E-state index in [1.807, 2.05) is 13.0 Å². The summed E-state index contributed by atoms with van der Waals surface area (Å²) in [5, 5.41) is 11.2. The number of benzene rings is 2. The van der Waals surface area contributed by atoms with Crippen molar-refractivity contribution in [2.75, 3.05) is 26.2 Å². The van der Waals surface area contributed by atoms with Crippen LogP contribution >= 0.6 is 23.2 Å². The first kappa shape index (κ1) is 23.3. The SMILES string of the molecule is Cc1cccc(S(=O)(=O)NC[C@@H](O)CN2CCC(Oc3ccc(Cl)c(Cl)c3)CC2)c1. The fourth-order valence-corrected chi connectivity index (χ4v) is 4.85. The first-order chi connectivity index (χ1) is 14.2. The minimum Gasteiger partial charge on any atom is -0.490 e. The Morgan fingerprint density at radius 1 is 1.17 bits per heavy atom. The van der Waals surface area contributed by atoms with Crippen molar-refractivity contribution in [2.45, 2.75) is 36.9 Å². The molecule has 164 valence electrons. The van der Waals surface area contributed by atoms with Crippen molar-refractivity contribution in [3.8, 4) is 5.75 Å². The van der Waals surface area contributed by atoms with Crippen LogP contribution in [0.3, 0.4) is 0 Å². The quantitative estimate of drug-likeness (QED) is 0.614. The van der Waals surface area contributed by atoms with E-state index < -0.39 is 16.1 Å². The van der Waals surface area contributed by atoms with Crippen molar-refractivity contribution in [2.24, 2.45) is 0 Å². The molecule has 1 fully saturated rings. The molecule has 2 aromatic carbocycles. The molecule has 0 bridgehead atoms. The van der Waals surface area contributed by atoms with Gasteiger partial charge >= 0.3 is 0 Å². The lowest BCUT2D eigenvalue weighted by molar-refractivity contribution is 0.0630. The molecule has 1 aliphatic rings. The second kappa shape index (κ2) is 10.3. The van der Waals surface area contributed by atoms with Gasteiger partial charge in [0.2, 0.25) is 10.0 Å². The van der Waals surface area contributed by atoms with E-state index >= 15 is 0 Å². The zero-order valence-corrected chi connectivity index (χ0v) is 19.1. The Hall–Kier alpha value is -1.35. The summed E-state index contributed by atoms with van der Waals surface area (Å²) in [4.78, 5) is 2.32. The minimum atomic E-state index is -3.64. The molecule has 9 heteroatoms. The number of aryl methyl sites for hydroxylation is 1. The lowest BCUT2D eigenvalue weighted by Crippen LogP contribution is -2.45. The number of nitrogens with zero attached hydrogens (tertiary/aromatic N) is 1. The summed E-state index contributed by atoms with van der Waals surface area (Å²) in [7, 11) is -3.64.